The van der Waals surface area contributed by atoms with Crippen molar-refractivity contribution < 1.29 is 9.84 Å². The summed E-state index contributed by atoms with van der Waals surface area (Å²) >= 11 is 3.43. The lowest BCUT2D eigenvalue weighted by Crippen LogP contribution is -2.02. The summed E-state index contributed by atoms with van der Waals surface area (Å²) in [5.74, 6) is 0.659. The van der Waals surface area contributed by atoms with E-state index in [1.807, 2.05) is 48.5 Å². The van der Waals surface area contributed by atoms with Crippen LogP contribution in [-0.2, 0) is 0 Å². The Morgan fingerprint density at radius 1 is 1.14 bits per heavy atom. The smallest absolute Gasteiger partial charge is 0.125 e. The Bertz CT molecular complexity index is 789. The largest absolute Gasteiger partial charge is 0.496 e. The molecule has 0 saturated carbocycles. The molecule has 0 fully saturated rings. The third-order valence-corrected chi connectivity index (χ3v) is 3.93. The summed E-state index contributed by atoms with van der Waals surface area (Å²) in [6, 6.07) is 15.3. The van der Waals surface area contributed by atoms with Crippen LogP contribution < -0.4 is 4.74 Å². The molecule has 0 aliphatic heterocycles. The first-order chi connectivity index (χ1) is 10.2. The molecule has 0 bridgehead atoms. The predicted molar refractivity (Wildman–Crippen MR) is 86.5 cm³/mol. The van der Waals surface area contributed by atoms with Crippen LogP contribution >= 0.6 is 15.9 Å². The standard InChI is InChI=1S/C17H14BrNO2/c1-21-16-7-6-13(18)10-14(16)17(20)12-5-4-11-3-2-8-19-15(11)9-12/h2-10,17,20H,1H3. The number of methoxy groups -OCH3 is 1. The van der Waals surface area contributed by atoms with Crippen LogP contribution in [0.1, 0.15) is 17.2 Å². The molecular formula is C17H14BrNO2. The number of ether oxygens (including phenoxy) is 1. The number of aliphatic hydroxyl groups is 1. The van der Waals surface area contributed by atoms with Crippen LogP contribution in [-0.4, -0.2) is 17.2 Å². The molecule has 1 atom stereocenters. The highest BCUT2D eigenvalue weighted by Crippen LogP contribution is 2.33. The Kier molecular flexibility index (Phi) is 3.90. The number of aromatic nitrogens is 1. The molecule has 1 heterocycles. The predicted octanol–water partition coefficient (Wildman–Crippen LogP) is 4.09. The van der Waals surface area contributed by atoms with Gasteiger partial charge < -0.3 is 9.84 Å². The van der Waals surface area contributed by atoms with Crippen molar-refractivity contribution in [1.29, 1.82) is 0 Å². The van der Waals surface area contributed by atoms with E-state index >= 15 is 0 Å². The molecule has 4 heteroatoms. The average molecular weight is 344 g/mol. The van der Waals surface area contributed by atoms with Crippen LogP contribution in [0.5, 0.6) is 5.75 Å². The molecule has 1 aromatic heterocycles. The first-order valence-electron chi connectivity index (χ1n) is 6.55. The van der Waals surface area contributed by atoms with Gasteiger partial charge >= 0.3 is 0 Å². The van der Waals surface area contributed by atoms with Gasteiger partial charge in [0.1, 0.15) is 11.9 Å². The molecule has 2 aromatic carbocycles. The number of hydrogen-bond acceptors (Lipinski definition) is 3. The summed E-state index contributed by atoms with van der Waals surface area (Å²) in [7, 11) is 1.60. The second kappa shape index (κ2) is 5.84. The lowest BCUT2D eigenvalue weighted by Gasteiger charge is -2.16. The van der Waals surface area contributed by atoms with E-state index in [9.17, 15) is 5.11 Å². The van der Waals surface area contributed by atoms with E-state index < -0.39 is 6.10 Å². The third kappa shape index (κ3) is 2.77. The van der Waals surface area contributed by atoms with Crippen LogP contribution in [0.3, 0.4) is 0 Å². The first-order valence-corrected chi connectivity index (χ1v) is 7.34. The molecule has 0 radical (unpaired) electrons. The van der Waals surface area contributed by atoms with Crippen molar-refractivity contribution in [3.05, 3.63) is 70.3 Å². The van der Waals surface area contributed by atoms with Crippen molar-refractivity contribution in [2.24, 2.45) is 0 Å². The number of benzene rings is 2. The lowest BCUT2D eigenvalue weighted by atomic mass is 9.99. The van der Waals surface area contributed by atoms with Gasteiger partial charge in [-0.25, -0.2) is 0 Å². The van der Waals surface area contributed by atoms with Gasteiger partial charge in [-0.2, -0.15) is 0 Å². The van der Waals surface area contributed by atoms with Crippen molar-refractivity contribution in [2.45, 2.75) is 6.10 Å². The molecule has 3 rings (SSSR count). The summed E-state index contributed by atoms with van der Waals surface area (Å²) < 4.78 is 6.23. The van der Waals surface area contributed by atoms with E-state index in [4.69, 9.17) is 4.74 Å². The van der Waals surface area contributed by atoms with Crippen LogP contribution in [0.2, 0.25) is 0 Å². The topological polar surface area (TPSA) is 42.4 Å². The second-order valence-corrected chi connectivity index (χ2v) is 5.66. The van der Waals surface area contributed by atoms with Crippen molar-refractivity contribution in [3.8, 4) is 5.75 Å². The SMILES string of the molecule is COc1ccc(Br)cc1C(O)c1ccc2cccnc2c1. The average Bonchev–Trinajstić information content (AvgIpc) is 2.53. The van der Waals surface area contributed by atoms with Gasteiger partial charge in [-0.3, -0.25) is 4.98 Å². The van der Waals surface area contributed by atoms with Gasteiger partial charge in [0.15, 0.2) is 0 Å². The number of fused-ring (bicyclic) bond motifs is 1. The van der Waals surface area contributed by atoms with E-state index in [0.29, 0.717) is 5.75 Å². The Morgan fingerprint density at radius 3 is 2.81 bits per heavy atom. The molecule has 106 valence electrons. The van der Waals surface area contributed by atoms with Gasteiger partial charge in [0.05, 0.1) is 12.6 Å². The highest BCUT2D eigenvalue weighted by atomic mass is 79.9. The number of nitrogens with zero attached hydrogens (tertiary/aromatic N) is 1. The molecule has 0 aliphatic rings. The Labute approximate surface area is 131 Å². The maximum Gasteiger partial charge on any atom is 0.125 e. The number of aliphatic hydroxyl groups excluding tert-OH is 1. The van der Waals surface area contributed by atoms with Crippen molar-refractivity contribution in [1.82, 2.24) is 4.98 Å². The van der Waals surface area contributed by atoms with Gasteiger partial charge in [-0.05, 0) is 35.9 Å². The molecular weight excluding hydrogens is 330 g/mol. The zero-order valence-corrected chi connectivity index (χ0v) is 13.0. The number of hydrogen-bond donors (Lipinski definition) is 1. The highest BCUT2D eigenvalue weighted by molar-refractivity contribution is 9.10. The van der Waals surface area contributed by atoms with E-state index in [0.717, 1.165) is 26.5 Å². The van der Waals surface area contributed by atoms with E-state index in [1.54, 1.807) is 13.3 Å². The van der Waals surface area contributed by atoms with Gasteiger partial charge in [0.25, 0.3) is 0 Å². The quantitative estimate of drug-likeness (QED) is 0.778. The van der Waals surface area contributed by atoms with Gasteiger partial charge in [0.2, 0.25) is 0 Å². The van der Waals surface area contributed by atoms with Crippen LogP contribution in [0, 0.1) is 0 Å². The molecule has 3 nitrogen and oxygen atoms in total. The second-order valence-electron chi connectivity index (χ2n) is 4.74. The maximum atomic E-state index is 10.7. The minimum Gasteiger partial charge on any atom is -0.496 e. The first kappa shape index (κ1) is 14.0. The monoisotopic (exact) mass is 343 g/mol. The number of halogens is 1. The summed E-state index contributed by atoms with van der Waals surface area (Å²) in [5, 5.41) is 11.7. The van der Waals surface area contributed by atoms with E-state index in [-0.39, 0.29) is 0 Å². The normalized spacial score (nSPS) is 12.3. The number of pyridine rings is 1. The fourth-order valence-corrected chi connectivity index (χ4v) is 2.73. The fraction of sp³-hybridized carbons (Fsp3) is 0.118. The van der Waals surface area contributed by atoms with Crippen molar-refractivity contribution in [3.63, 3.8) is 0 Å². The Balaban J connectivity index is 2.07. The van der Waals surface area contributed by atoms with Crippen LogP contribution in [0.25, 0.3) is 10.9 Å². The summed E-state index contributed by atoms with van der Waals surface area (Å²) in [6.45, 7) is 0. The molecule has 3 aromatic rings. The van der Waals surface area contributed by atoms with E-state index in [2.05, 4.69) is 20.9 Å². The number of rotatable bonds is 3. The fourth-order valence-electron chi connectivity index (χ4n) is 2.35. The van der Waals surface area contributed by atoms with Gasteiger partial charge in [-0.15, -0.1) is 0 Å². The zero-order valence-electron chi connectivity index (χ0n) is 11.5. The molecule has 0 amide bonds. The Morgan fingerprint density at radius 2 is 2.00 bits per heavy atom. The molecule has 1 unspecified atom stereocenters. The maximum absolute atomic E-state index is 10.7. The minimum atomic E-state index is -0.760. The van der Waals surface area contributed by atoms with Crippen LogP contribution in [0.4, 0.5) is 0 Å². The highest BCUT2D eigenvalue weighted by Gasteiger charge is 2.16. The summed E-state index contributed by atoms with van der Waals surface area (Å²) in [6.07, 6.45) is 0.988. The van der Waals surface area contributed by atoms with Crippen molar-refractivity contribution in [2.75, 3.05) is 7.11 Å². The minimum absolute atomic E-state index is 0.659. The lowest BCUT2D eigenvalue weighted by molar-refractivity contribution is 0.215. The summed E-state index contributed by atoms with van der Waals surface area (Å²) in [4.78, 5) is 4.33. The zero-order chi connectivity index (χ0) is 14.8. The molecule has 21 heavy (non-hydrogen) atoms. The van der Waals surface area contributed by atoms with Gasteiger partial charge in [-0.1, -0.05) is 34.1 Å². The molecule has 0 aliphatic carbocycles. The summed E-state index contributed by atoms with van der Waals surface area (Å²) in [5.41, 5.74) is 2.38. The van der Waals surface area contributed by atoms with Gasteiger partial charge in [0, 0.05) is 21.6 Å². The molecule has 0 saturated heterocycles. The molecule has 0 spiro atoms. The molecule has 1 N–H and O–H groups in total. The Hall–Kier alpha value is -1.91. The van der Waals surface area contributed by atoms with Crippen molar-refractivity contribution >= 4 is 26.8 Å². The third-order valence-electron chi connectivity index (χ3n) is 3.43. The van der Waals surface area contributed by atoms with Crippen LogP contribution in [0.15, 0.2) is 59.2 Å². The van der Waals surface area contributed by atoms with E-state index in [1.165, 1.54) is 0 Å².